The van der Waals surface area contributed by atoms with E-state index < -0.39 is 12.1 Å². The molecule has 42 heavy (non-hydrogen) atoms. The zero-order chi connectivity index (χ0) is 31.0. The van der Waals surface area contributed by atoms with Gasteiger partial charge in [-0.3, -0.25) is 4.79 Å². The number of likely N-dealkylation sites (tertiary alicyclic amines) is 1. The van der Waals surface area contributed by atoms with E-state index in [2.05, 4.69) is 54.5 Å². The number of aromatic nitrogens is 1. The number of carbonyl (C=O) groups excluding carboxylic acids is 1. The summed E-state index contributed by atoms with van der Waals surface area (Å²) in [7, 11) is 3.34. The van der Waals surface area contributed by atoms with Crippen LogP contribution < -0.4 is 14.8 Å². The number of nitrogens with zero attached hydrogens (tertiary/aromatic N) is 1. The van der Waals surface area contributed by atoms with Crippen molar-refractivity contribution in [2.75, 3.05) is 40.4 Å². The van der Waals surface area contributed by atoms with Gasteiger partial charge >= 0.3 is 12.1 Å². The average Bonchev–Trinajstić information content (AvgIpc) is 3.32. The number of piperidine rings is 1. The minimum atomic E-state index is -5.08. The normalized spacial score (nSPS) is 14.1. The number of halogens is 3. The third-order valence-corrected chi connectivity index (χ3v) is 7.30. The van der Waals surface area contributed by atoms with Crippen LogP contribution in [0.1, 0.15) is 50.7 Å². The molecule has 1 saturated heterocycles. The maximum atomic E-state index is 12.4. The summed E-state index contributed by atoms with van der Waals surface area (Å²) >= 11 is 0. The van der Waals surface area contributed by atoms with Crippen molar-refractivity contribution in [1.82, 2.24) is 15.2 Å². The first-order chi connectivity index (χ1) is 19.9. The predicted molar refractivity (Wildman–Crippen MR) is 156 cm³/mol. The lowest BCUT2D eigenvalue weighted by Crippen LogP contribution is -2.42. The van der Waals surface area contributed by atoms with Crippen molar-refractivity contribution < 1.29 is 37.3 Å². The lowest BCUT2D eigenvalue weighted by Gasteiger charge is -2.32. The first kappa shape index (κ1) is 32.8. The Morgan fingerprint density at radius 1 is 1.07 bits per heavy atom. The number of methoxy groups -OCH3 is 2. The van der Waals surface area contributed by atoms with E-state index in [0.29, 0.717) is 18.4 Å². The van der Waals surface area contributed by atoms with Crippen molar-refractivity contribution in [3.8, 4) is 22.8 Å². The SMILES string of the molecule is CCNCC(=O)N1CCC(c2ccc3[nH]c(-c4ccc(OC)c(OC)c4)c(CC(C)C)c3c2)CC1.O=C(O)C(F)(F)F. The molecule has 1 aliphatic heterocycles. The van der Waals surface area contributed by atoms with Crippen LogP contribution in [0.25, 0.3) is 22.2 Å². The molecule has 1 amide bonds. The van der Waals surface area contributed by atoms with Crippen molar-refractivity contribution in [2.24, 2.45) is 5.92 Å². The Morgan fingerprint density at radius 3 is 2.26 bits per heavy atom. The molecule has 1 aromatic heterocycles. The molecule has 3 aromatic rings. The standard InChI is InChI=1S/C29H39N3O3.C2HF3O2/c1-6-30-18-28(33)32-13-11-20(12-14-32)21-7-9-25-23(16-21)24(15-19(2)3)29(31-25)22-8-10-26(34-4)27(17-22)35-5;3-2(4,5)1(6)7/h7-10,16-17,19-20,30-31H,6,11-15,18H2,1-5H3;(H,6,7). The number of amides is 1. The summed E-state index contributed by atoms with van der Waals surface area (Å²) in [6.45, 7) is 9.48. The third kappa shape index (κ3) is 8.18. The molecule has 0 unspecified atom stereocenters. The van der Waals surface area contributed by atoms with Gasteiger partial charge in [0, 0.05) is 35.2 Å². The van der Waals surface area contributed by atoms with Crippen molar-refractivity contribution in [3.63, 3.8) is 0 Å². The summed E-state index contributed by atoms with van der Waals surface area (Å²) in [4.78, 5) is 27.0. The highest BCUT2D eigenvalue weighted by Gasteiger charge is 2.38. The molecule has 2 heterocycles. The van der Waals surface area contributed by atoms with E-state index in [0.717, 1.165) is 67.2 Å². The molecule has 11 heteroatoms. The van der Waals surface area contributed by atoms with E-state index in [-0.39, 0.29) is 5.91 Å². The van der Waals surface area contributed by atoms with Crippen molar-refractivity contribution in [3.05, 3.63) is 47.5 Å². The number of ether oxygens (including phenoxy) is 2. The number of nitrogens with one attached hydrogen (secondary N) is 2. The molecule has 2 aromatic carbocycles. The number of aromatic amines is 1. The predicted octanol–water partition coefficient (Wildman–Crippen LogP) is 6.00. The third-order valence-electron chi connectivity index (χ3n) is 7.30. The van der Waals surface area contributed by atoms with Crippen LogP contribution >= 0.6 is 0 Å². The highest BCUT2D eigenvalue weighted by atomic mass is 19.4. The van der Waals surface area contributed by atoms with Crippen molar-refractivity contribution in [1.29, 1.82) is 0 Å². The Morgan fingerprint density at radius 2 is 1.71 bits per heavy atom. The number of fused-ring (bicyclic) bond motifs is 1. The molecule has 4 rings (SSSR count). The fourth-order valence-corrected chi connectivity index (χ4v) is 5.18. The van der Waals surface area contributed by atoms with Crippen LogP contribution in [0.15, 0.2) is 36.4 Å². The minimum Gasteiger partial charge on any atom is -0.493 e. The van der Waals surface area contributed by atoms with Crippen LogP contribution in [0.5, 0.6) is 11.5 Å². The smallest absolute Gasteiger partial charge is 0.490 e. The van der Waals surface area contributed by atoms with E-state index >= 15 is 0 Å². The largest absolute Gasteiger partial charge is 0.493 e. The van der Waals surface area contributed by atoms with Gasteiger partial charge in [0.15, 0.2) is 11.5 Å². The van der Waals surface area contributed by atoms with Crippen LogP contribution in [0.2, 0.25) is 0 Å². The van der Waals surface area contributed by atoms with Crippen LogP contribution in [0, 0.1) is 5.92 Å². The Bertz CT molecular complexity index is 1360. The number of hydrogen-bond donors (Lipinski definition) is 3. The van der Waals surface area contributed by atoms with Gasteiger partial charge in [0.2, 0.25) is 5.91 Å². The number of carbonyl (C=O) groups is 2. The Labute approximate surface area is 244 Å². The molecular formula is C31H40F3N3O5. The van der Waals surface area contributed by atoms with Gasteiger partial charge in [-0.2, -0.15) is 13.2 Å². The number of H-pyrrole nitrogens is 1. The molecule has 0 saturated carbocycles. The van der Waals surface area contributed by atoms with Crippen LogP contribution in [-0.2, 0) is 16.0 Å². The molecule has 8 nitrogen and oxygen atoms in total. The molecule has 0 bridgehead atoms. The van der Waals surface area contributed by atoms with Crippen molar-refractivity contribution in [2.45, 2.75) is 52.1 Å². The van der Waals surface area contributed by atoms with Gasteiger partial charge in [0.25, 0.3) is 0 Å². The summed E-state index contributed by atoms with van der Waals surface area (Å²) < 4.78 is 42.7. The number of alkyl halides is 3. The van der Waals surface area contributed by atoms with Crippen molar-refractivity contribution >= 4 is 22.8 Å². The maximum absolute atomic E-state index is 12.4. The van der Waals surface area contributed by atoms with Crippen LogP contribution in [0.3, 0.4) is 0 Å². The van der Waals surface area contributed by atoms with Gasteiger partial charge in [0.05, 0.1) is 20.8 Å². The Hall–Kier alpha value is -3.73. The van der Waals surface area contributed by atoms with Crippen LogP contribution in [0.4, 0.5) is 13.2 Å². The highest BCUT2D eigenvalue weighted by molar-refractivity contribution is 5.91. The number of carboxylic acid groups (broad SMARTS) is 1. The van der Waals surface area contributed by atoms with Crippen LogP contribution in [-0.4, -0.2) is 73.4 Å². The number of hydrogen-bond acceptors (Lipinski definition) is 5. The second-order valence-corrected chi connectivity index (χ2v) is 10.7. The molecule has 0 atom stereocenters. The molecule has 3 N–H and O–H groups in total. The summed E-state index contributed by atoms with van der Waals surface area (Å²) in [6, 6.07) is 13.0. The average molecular weight is 592 g/mol. The van der Waals surface area contributed by atoms with Gasteiger partial charge in [-0.25, -0.2) is 4.79 Å². The zero-order valence-electron chi connectivity index (χ0n) is 24.7. The van der Waals surface area contributed by atoms with Gasteiger partial charge < -0.3 is 29.8 Å². The second kappa shape index (κ2) is 14.4. The zero-order valence-corrected chi connectivity index (χ0v) is 24.7. The lowest BCUT2D eigenvalue weighted by atomic mass is 9.87. The monoisotopic (exact) mass is 591 g/mol. The molecule has 1 fully saturated rings. The summed E-state index contributed by atoms with van der Waals surface area (Å²) in [5.41, 5.74) is 6.13. The second-order valence-electron chi connectivity index (χ2n) is 10.7. The fraction of sp³-hybridized carbons (Fsp3) is 0.484. The number of aliphatic carboxylic acids is 1. The Balaban J connectivity index is 0.000000616. The van der Waals surface area contributed by atoms with E-state index in [4.69, 9.17) is 19.4 Å². The van der Waals surface area contributed by atoms with Gasteiger partial charge in [-0.1, -0.05) is 26.8 Å². The summed E-state index contributed by atoms with van der Waals surface area (Å²) in [5.74, 6) is -0.0697. The maximum Gasteiger partial charge on any atom is 0.490 e. The first-order valence-corrected chi connectivity index (χ1v) is 14.0. The van der Waals surface area contributed by atoms with E-state index in [1.165, 1.54) is 16.5 Å². The van der Waals surface area contributed by atoms with Gasteiger partial charge in [-0.15, -0.1) is 0 Å². The molecular weight excluding hydrogens is 551 g/mol. The molecule has 230 valence electrons. The summed E-state index contributed by atoms with van der Waals surface area (Å²) in [6.07, 6.45) is -2.07. The number of likely N-dealkylation sites (N-methyl/N-ethyl adjacent to an activating group) is 1. The lowest BCUT2D eigenvalue weighted by molar-refractivity contribution is -0.192. The number of rotatable bonds is 9. The van der Waals surface area contributed by atoms with E-state index in [1.807, 2.05) is 17.9 Å². The highest BCUT2D eigenvalue weighted by Crippen LogP contribution is 2.38. The summed E-state index contributed by atoms with van der Waals surface area (Å²) in [5, 5.41) is 11.6. The number of carboxylic acids is 1. The van der Waals surface area contributed by atoms with Gasteiger partial charge in [0.1, 0.15) is 0 Å². The topological polar surface area (TPSA) is 104 Å². The first-order valence-electron chi connectivity index (χ1n) is 14.0. The molecule has 1 aliphatic rings. The molecule has 0 radical (unpaired) electrons. The van der Waals surface area contributed by atoms with E-state index in [1.54, 1.807) is 14.2 Å². The quantitative estimate of drug-likeness (QED) is 0.282. The molecule has 0 spiro atoms. The minimum absolute atomic E-state index is 0.213. The number of benzene rings is 2. The fourth-order valence-electron chi connectivity index (χ4n) is 5.18. The van der Waals surface area contributed by atoms with Gasteiger partial charge in [-0.05, 0) is 79.1 Å². The Kier molecular flexibility index (Phi) is 11.3. The van der Waals surface area contributed by atoms with E-state index in [9.17, 15) is 18.0 Å². The molecule has 0 aliphatic carbocycles.